The van der Waals surface area contributed by atoms with E-state index in [0.717, 1.165) is 0 Å². The molecule has 25 heavy (non-hydrogen) atoms. The number of carboxylic acids is 1. The van der Waals surface area contributed by atoms with Gasteiger partial charge < -0.3 is 10.4 Å². The number of hydrogen-bond donors (Lipinski definition) is 2. The van der Waals surface area contributed by atoms with E-state index in [-0.39, 0.29) is 5.69 Å². The molecule has 1 heterocycles. The van der Waals surface area contributed by atoms with Crippen LogP contribution in [0.3, 0.4) is 0 Å². The van der Waals surface area contributed by atoms with Gasteiger partial charge in [0.2, 0.25) is 0 Å². The minimum atomic E-state index is -4.75. The highest BCUT2D eigenvalue weighted by Crippen LogP contribution is 2.22. The molecule has 134 valence electrons. The van der Waals surface area contributed by atoms with Crippen LogP contribution in [0.5, 0.6) is 0 Å². The molecule has 0 saturated carbocycles. The van der Waals surface area contributed by atoms with Gasteiger partial charge in [-0.25, -0.2) is 13.9 Å². The molecule has 0 aliphatic heterocycles. The Morgan fingerprint density at radius 3 is 2.40 bits per heavy atom. The number of nitrogens with zero attached hydrogens (tertiary/aromatic N) is 2. The largest absolute Gasteiger partial charge is 0.480 e. The van der Waals surface area contributed by atoms with Gasteiger partial charge in [-0.15, -0.1) is 0 Å². The van der Waals surface area contributed by atoms with Crippen LogP contribution in [0.2, 0.25) is 0 Å². The van der Waals surface area contributed by atoms with Crippen molar-refractivity contribution in [2.45, 2.75) is 25.6 Å². The van der Waals surface area contributed by atoms with E-state index < -0.39 is 36.3 Å². The molecule has 2 rings (SSSR count). The van der Waals surface area contributed by atoms with Gasteiger partial charge >= 0.3 is 12.1 Å². The topological polar surface area (TPSA) is 84.2 Å². The summed E-state index contributed by atoms with van der Waals surface area (Å²) in [6, 6.07) is 3.02. The number of aromatic nitrogens is 2. The number of hydrogen-bond acceptors (Lipinski definition) is 3. The number of rotatable bonds is 5. The standard InChI is InChI=1S/C15H13F4N3O3/c1-8-7-22(10-4-2-9(16)3-5-10)21-12(8)13(23)20-11(14(24)25)6-15(17,18)19/h2-5,7,11H,6H2,1H3,(H,20,23)(H,24,25)/t11-/m0/s1. The van der Waals surface area contributed by atoms with Crippen LogP contribution >= 0.6 is 0 Å². The van der Waals surface area contributed by atoms with Crippen LogP contribution in [-0.2, 0) is 4.79 Å². The summed E-state index contributed by atoms with van der Waals surface area (Å²) < 4.78 is 51.3. The molecule has 0 unspecified atom stereocenters. The summed E-state index contributed by atoms with van der Waals surface area (Å²) in [5.74, 6) is -3.32. The fourth-order valence-electron chi connectivity index (χ4n) is 2.07. The van der Waals surface area contributed by atoms with Gasteiger partial charge in [0.1, 0.15) is 11.9 Å². The van der Waals surface area contributed by atoms with E-state index in [9.17, 15) is 27.2 Å². The summed E-state index contributed by atoms with van der Waals surface area (Å²) in [6.07, 6.45) is -5.04. The molecule has 6 nitrogen and oxygen atoms in total. The Morgan fingerprint density at radius 1 is 1.28 bits per heavy atom. The number of carbonyl (C=O) groups excluding carboxylic acids is 1. The van der Waals surface area contributed by atoms with Crippen molar-refractivity contribution in [1.29, 1.82) is 0 Å². The number of nitrogens with one attached hydrogen (secondary N) is 1. The van der Waals surface area contributed by atoms with E-state index in [1.54, 1.807) is 0 Å². The van der Waals surface area contributed by atoms with Crippen LogP contribution in [0.1, 0.15) is 22.5 Å². The maximum Gasteiger partial charge on any atom is 0.391 e. The second-order valence-electron chi connectivity index (χ2n) is 5.27. The smallest absolute Gasteiger partial charge is 0.391 e. The van der Waals surface area contributed by atoms with Crippen LogP contribution < -0.4 is 5.32 Å². The van der Waals surface area contributed by atoms with Crippen molar-refractivity contribution < 1.29 is 32.3 Å². The lowest BCUT2D eigenvalue weighted by atomic mass is 10.2. The molecule has 1 amide bonds. The molecule has 1 aromatic heterocycles. The van der Waals surface area contributed by atoms with E-state index in [4.69, 9.17) is 5.11 Å². The Labute approximate surface area is 139 Å². The summed E-state index contributed by atoms with van der Waals surface area (Å²) in [5.41, 5.74) is 0.518. The van der Waals surface area contributed by atoms with Gasteiger partial charge in [-0.1, -0.05) is 0 Å². The monoisotopic (exact) mass is 359 g/mol. The number of carboxylic acid groups (broad SMARTS) is 1. The molecule has 2 N–H and O–H groups in total. The minimum Gasteiger partial charge on any atom is -0.480 e. The molecular formula is C15H13F4N3O3. The van der Waals surface area contributed by atoms with Gasteiger partial charge in [-0.2, -0.15) is 18.3 Å². The van der Waals surface area contributed by atoms with E-state index in [1.165, 1.54) is 42.1 Å². The van der Waals surface area contributed by atoms with Gasteiger partial charge in [0.05, 0.1) is 12.1 Å². The van der Waals surface area contributed by atoms with Gasteiger partial charge in [0.25, 0.3) is 5.91 Å². The van der Waals surface area contributed by atoms with Crippen LogP contribution in [0, 0.1) is 12.7 Å². The molecule has 2 aromatic rings. The fourth-order valence-corrected chi connectivity index (χ4v) is 2.07. The quantitative estimate of drug-likeness (QED) is 0.804. The first-order valence-corrected chi connectivity index (χ1v) is 6.99. The number of benzene rings is 1. The second-order valence-corrected chi connectivity index (χ2v) is 5.27. The van der Waals surface area contributed by atoms with Crippen molar-refractivity contribution in [3.05, 3.63) is 47.5 Å². The van der Waals surface area contributed by atoms with Crippen LogP contribution in [0.25, 0.3) is 5.69 Å². The molecule has 0 saturated heterocycles. The number of amides is 1. The van der Waals surface area contributed by atoms with Crippen molar-refractivity contribution >= 4 is 11.9 Å². The summed E-state index contributed by atoms with van der Waals surface area (Å²) >= 11 is 0. The third-order valence-corrected chi connectivity index (χ3v) is 3.24. The lowest BCUT2D eigenvalue weighted by Gasteiger charge is -2.15. The summed E-state index contributed by atoms with van der Waals surface area (Å²) in [4.78, 5) is 23.0. The van der Waals surface area contributed by atoms with Crippen LogP contribution in [0.15, 0.2) is 30.5 Å². The van der Waals surface area contributed by atoms with Gasteiger partial charge in [-0.3, -0.25) is 4.79 Å². The van der Waals surface area contributed by atoms with Crippen molar-refractivity contribution in [3.8, 4) is 5.69 Å². The van der Waals surface area contributed by atoms with Gasteiger partial charge in [0, 0.05) is 11.8 Å². The highest BCUT2D eigenvalue weighted by atomic mass is 19.4. The van der Waals surface area contributed by atoms with Crippen LogP contribution in [0.4, 0.5) is 17.6 Å². The van der Waals surface area contributed by atoms with Crippen molar-refractivity contribution in [2.75, 3.05) is 0 Å². The minimum absolute atomic E-state index is 0.224. The van der Waals surface area contributed by atoms with Crippen LogP contribution in [-0.4, -0.2) is 39.0 Å². The lowest BCUT2D eigenvalue weighted by Crippen LogP contribution is -2.43. The molecular weight excluding hydrogens is 346 g/mol. The summed E-state index contributed by atoms with van der Waals surface area (Å²) in [7, 11) is 0. The van der Waals surface area contributed by atoms with E-state index in [2.05, 4.69) is 5.10 Å². The van der Waals surface area contributed by atoms with Crippen molar-refractivity contribution in [1.82, 2.24) is 15.1 Å². The third-order valence-electron chi connectivity index (χ3n) is 3.24. The zero-order chi connectivity index (χ0) is 18.8. The molecule has 1 atom stereocenters. The zero-order valence-electron chi connectivity index (χ0n) is 12.8. The highest BCUT2D eigenvalue weighted by molar-refractivity contribution is 5.96. The van der Waals surface area contributed by atoms with Crippen molar-refractivity contribution in [2.24, 2.45) is 0 Å². The molecule has 10 heteroatoms. The third kappa shape index (κ3) is 4.78. The predicted molar refractivity (Wildman–Crippen MR) is 77.8 cm³/mol. The number of halogens is 4. The number of carbonyl (C=O) groups is 2. The van der Waals surface area contributed by atoms with E-state index >= 15 is 0 Å². The number of alkyl halides is 3. The average Bonchev–Trinajstić information content (AvgIpc) is 2.88. The average molecular weight is 359 g/mol. The normalized spacial score (nSPS) is 12.7. The Kier molecular flexibility index (Phi) is 5.10. The second kappa shape index (κ2) is 6.91. The first-order chi connectivity index (χ1) is 11.6. The Bertz CT molecular complexity index is 784. The molecule has 0 bridgehead atoms. The van der Waals surface area contributed by atoms with E-state index in [0.29, 0.717) is 11.3 Å². The molecule has 1 aromatic carbocycles. The Hall–Kier alpha value is -2.91. The maximum atomic E-state index is 12.9. The summed E-state index contributed by atoms with van der Waals surface area (Å²) in [6.45, 7) is 1.49. The van der Waals surface area contributed by atoms with E-state index in [1.807, 2.05) is 5.32 Å². The molecule has 0 aliphatic carbocycles. The lowest BCUT2D eigenvalue weighted by molar-refractivity contribution is -0.157. The first kappa shape index (κ1) is 18.4. The highest BCUT2D eigenvalue weighted by Gasteiger charge is 2.36. The zero-order valence-corrected chi connectivity index (χ0v) is 12.8. The summed E-state index contributed by atoms with van der Waals surface area (Å²) in [5, 5.41) is 14.6. The van der Waals surface area contributed by atoms with Gasteiger partial charge in [0.15, 0.2) is 5.69 Å². The number of aliphatic carboxylic acids is 1. The van der Waals surface area contributed by atoms with Gasteiger partial charge in [-0.05, 0) is 31.2 Å². The molecule has 0 aliphatic rings. The number of aryl methyl sites for hydroxylation is 1. The predicted octanol–water partition coefficient (Wildman–Crippen LogP) is 2.46. The molecule has 0 spiro atoms. The Morgan fingerprint density at radius 2 is 1.88 bits per heavy atom. The Balaban J connectivity index is 2.21. The SMILES string of the molecule is Cc1cn(-c2ccc(F)cc2)nc1C(=O)N[C@@H](CC(F)(F)F)C(=O)O. The first-order valence-electron chi connectivity index (χ1n) is 6.99. The maximum absolute atomic E-state index is 12.9. The molecule has 0 radical (unpaired) electrons. The van der Waals surface area contributed by atoms with Crippen molar-refractivity contribution in [3.63, 3.8) is 0 Å². The fraction of sp³-hybridized carbons (Fsp3) is 0.267. The molecule has 0 fully saturated rings.